The van der Waals surface area contributed by atoms with E-state index in [9.17, 15) is 14.9 Å². The minimum atomic E-state index is -0.700. The summed E-state index contributed by atoms with van der Waals surface area (Å²) in [6.07, 6.45) is 0. The van der Waals surface area contributed by atoms with Gasteiger partial charge in [-0.3, -0.25) is 9.59 Å². The Balaban J connectivity index is 1.57. The molecular weight excluding hydrogens is 492 g/mol. The minimum Gasteiger partial charge on any atom is -0.497 e. The Bertz CT molecular complexity index is 1340. The molecule has 2 unspecified atom stereocenters. The highest BCUT2D eigenvalue weighted by atomic mass is 32.2. The molecule has 2 aromatic carbocycles. The third kappa shape index (κ3) is 5.85. The normalized spacial score (nSPS) is 17.1. The molecule has 36 heavy (non-hydrogen) atoms. The van der Waals surface area contributed by atoms with Gasteiger partial charge in [0.25, 0.3) is 5.91 Å². The van der Waals surface area contributed by atoms with E-state index in [0.717, 1.165) is 5.56 Å². The summed E-state index contributed by atoms with van der Waals surface area (Å²) in [5.74, 6) is -1.00. The molecule has 2 heterocycles. The maximum Gasteiger partial charge on any atom is 0.254 e. The number of nitriles is 1. The molecule has 2 N–H and O–H groups in total. The number of allylic oxidation sites excluding steroid dienone is 1. The first-order valence-corrected chi connectivity index (χ1v) is 13.1. The van der Waals surface area contributed by atoms with E-state index >= 15 is 0 Å². The fourth-order valence-electron chi connectivity index (χ4n) is 3.96. The van der Waals surface area contributed by atoms with Crippen LogP contribution in [0.15, 0.2) is 87.7 Å². The van der Waals surface area contributed by atoms with E-state index in [-0.39, 0.29) is 17.6 Å². The second kappa shape index (κ2) is 11.7. The quantitative estimate of drug-likeness (QED) is 0.421. The van der Waals surface area contributed by atoms with Gasteiger partial charge in [0.1, 0.15) is 11.7 Å². The van der Waals surface area contributed by atoms with Crippen molar-refractivity contribution in [3.63, 3.8) is 0 Å². The van der Waals surface area contributed by atoms with Crippen LogP contribution in [0.4, 0.5) is 11.4 Å². The summed E-state index contributed by atoms with van der Waals surface area (Å²) in [5.41, 5.74) is 3.14. The average Bonchev–Trinajstić information content (AvgIpc) is 3.42. The van der Waals surface area contributed by atoms with Gasteiger partial charge in [-0.15, -0.1) is 0 Å². The van der Waals surface area contributed by atoms with Gasteiger partial charge in [-0.1, -0.05) is 36.0 Å². The number of nitrogens with zero attached hydrogens (tertiary/aromatic N) is 2. The molecule has 2 amide bonds. The Morgan fingerprint density at radius 3 is 2.58 bits per heavy atom. The number of benzene rings is 2. The number of para-hydroxylation sites is 1. The predicted octanol–water partition coefficient (Wildman–Crippen LogP) is 5.68. The zero-order chi connectivity index (χ0) is 25.5. The Kier molecular flexibility index (Phi) is 8.21. The number of thiophene rings is 1. The Morgan fingerprint density at radius 2 is 1.89 bits per heavy atom. The molecule has 0 saturated carbocycles. The van der Waals surface area contributed by atoms with Crippen LogP contribution < -0.4 is 15.4 Å². The lowest BCUT2D eigenvalue weighted by Gasteiger charge is -2.29. The number of hydrogen-bond acceptors (Lipinski definition) is 7. The number of hydrogen-bond donors (Lipinski definition) is 2. The van der Waals surface area contributed by atoms with E-state index < -0.39 is 11.8 Å². The second-order valence-electron chi connectivity index (χ2n) is 7.98. The lowest BCUT2D eigenvalue weighted by atomic mass is 9.79. The smallest absolute Gasteiger partial charge is 0.254 e. The van der Waals surface area contributed by atoms with Crippen LogP contribution in [-0.4, -0.2) is 29.7 Å². The van der Waals surface area contributed by atoms with Crippen molar-refractivity contribution in [2.75, 3.05) is 23.5 Å². The molecule has 0 spiro atoms. The number of carbonyl (C=O) groups excluding carboxylic acids is 2. The Hall–Kier alpha value is -3.87. The van der Waals surface area contributed by atoms with E-state index in [1.54, 1.807) is 38.3 Å². The van der Waals surface area contributed by atoms with Crippen LogP contribution in [0, 0.1) is 17.2 Å². The number of thioether (sulfide) groups is 1. The number of rotatable bonds is 7. The van der Waals surface area contributed by atoms with Gasteiger partial charge < -0.3 is 15.4 Å². The highest BCUT2D eigenvalue weighted by Gasteiger charge is 2.39. The Morgan fingerprint density at radius 1 is 1.11 bits per heavy atom. The summed E-state index contributed by atoms with van der Waals surface area (Å²) < 4.78 is 5.20. The fraction of sp³-hybridized carbons (Fsp3) is 0.185. The monoisotopic (exact) mass is 516 g/mol. The van der Waals surface area contributed by atoms with Crippen LogP contribution in [0.2, 0.25) is 0 Å². The molecule has 0 radical (unpaired) electrons. The first-order valence-electron chi connectivity index (χ1n) is 11.1. The molecular formula is C27H24N4O3S2. The number of aliphatic imine (C=N–C) groups is 1. The molecule has 1 aliphatic heterocycles. The largest absolute Gasteiger partial charge is 0.497 e. The summed E-state index contributed by atoms with van der Waals surface area (Å²) in [6.45, 7) is 1.77. The van der Waals surface area contributed by atoms with Crippen molar-refractivity contribution in [2.45, 2.75) is 12.8 Å². The predicted molar refractivity (Wildman–Crippen MR) is 145 cm³/mol. The number of methoxy groups -OCH3 is 1. The number of ether oxygens (including phenoxy) is 1. The standard InChI is InChI=1S/C27H24N4O3S2/c1-17-24(26(33)31-19-7-4-3-5-8-19)25(18-11-12-35-15-18)22(14-28)27(29-17)36-16-23(32)30-20-9-6-10-21(13-20)34-2/h3-13,15,22,25H,16H2,1-2H3,(H,30,32)(H,31,33). The number of anilines is 2. The van der Waals surface area contributed by atoms with Crippen molar-refractivity contribution in [1.82, 2.24) is 0 Å². The molecule has 0 bridgehead atoms. The molecule has 0 fully saturated rings. The summed E-state index contributed by atoms with van der Waals surface area (Å²) in [5, 5.41) is 20.3. The SMILES string of the molecule is COc1cccc(NC(=O)CSC2=NC(C)=C(C(=O)Nc3ccccc3)C(c3ccsc3)C2C#N)c1. The zero-order valence-electron chi connectivity index (χ0n) is 19.7. The number of carbonyl (C=O) groups is 2. The minimum absolute atomic E-state index is 0.0728. The fourth-order valence-corrected chi connectivity index (χ4v) is 5.57. The molecule has 1 aliphatic rings. The number of amides is 2. The maximum atomic E-state index is 13.3. The lowest BCUT2D eigenvalue weighted by Crippen LogP contribution is -2.31. The van der Waals surface area contributed by atoms with E-state index in [1.165, 1.54) is 23.1 Å². The van der Waals surface area contributed by atoms with Crippen molar-refractivity contribution >= 4 is 51.3 Å². The van der Waals surface area contributed by atoms with E-state index in [4.69, 9.17) is 4.74 Å². The van der Waals surface area contributed by atoms with Gasteiger partial charge in [-0.2, -0.15) is 16.6 Å². The molecule has 1 aromatic heterocycles. The topological polar surface area (TPSA) is 104 Å². The van der Waals surface area contributed by atoms with Crippen LogP contribution in [0.3, 0.4) is 0 Å². The van der Waals surface area contributed by atoms with E-state index in [0.29, 0.717) is 33.4 Å². The zero-order valence-corrected chi connectivity index (χ0v) is 21.4. The van der Waals surface area contributed by atoms with E-state index in [1.807, 2.05) is 47.2 Å². The van der Waals surface area contributed by atoms with Gasteiger partial charge in [0.05, 0.1) is 24.0 Å². The first kappa shape index (κ1) is 25.2. The summed E-state index contributed by atoms with van der Waals surface area (Å²) >= 11 is 2.72. The third-order valence-corrected chi connectivity index (χ3v) is 7.35. The average molecular weight is 517 g/mol. The molecule has 4 rings (SSSR count). The van der Waals surface area contributed by atoms with Crippen LogP contribution in [0.25, 0.3) is 0 Å². The third-order valence-electron chi connectivity index (χ3n) is 5.60. The van der Waals surface area contributed by atoms with Crippen molar-refractivity contribution in [2.24, 2.45) is 10.9 Å². The van der Waals surface area contributed by atoms with Crippen molar-refractivity contribution in [3.05, 3.63) is 88.3 Å². The molecule has 7 nitrogen and oxygen atoms in total. The Labute approximate surface area is 217 Å². The molecule has 182 valence electrons. The highest BCUT2D eigenvalue weighted by molar-refractivity contribution is 8.14. The van der Waals surface area contributed by atoms with Crippen LogP contribution >= 0.6 is 23.1 Å². The van der Waals surface area contributed by atoms with Crippen molar-refractivity contribution in [1.29, 1.82) is 5.26 Å². The second-order valence-corrected chi connectivity index (χ2v) is 9.75. The molecule has 3 aromatic rings. The van der Waals surface area contributed by atoms with Gasteiger partial charge in [-0.25, -0.2) is 4.99 Å². The molecule has 0 saturated heterocycles. The molecule has 0 aliphatic carbocycles. The van der Waals surface area contributed by atoms with Crippen molar-refractivity contribution in [3.8, 4) is 11.8 Å². The summed E-state index contributed by atoms with van der Waals surface area (Å²) in [4.78, 5) is 30.6. The van der Waals surface area contributed by atoms with Gasteiger partial charge in [0.15, 0.2) is 0 Å². The first-order chi connectivity index (χ1) is 17.5. The van der Waals surface area contributed by atoms with Crippen LogP contribution in [0.1, 0.15) is 18.4 Å². The summed E-state index contributed by atoms with van der Waals surface area (Å²) in [7, 11) is 1.56. The highest BCUT2D eigenvalue weighted by Crippen LogP contribution is 2.42. The van der Waals surface area contributed by atoms with Crippen LogP contribution in [-0.2, 0) is 9.59 Å². The molecule has 9 heteroatoms. The number of nitrogens with one attached hydrogen (secondary N) is 2. The lowest BCUT2D eigenvalue weighted by molar-refractivity contribution is -0.114. The maximum absolute atomic E-state index is 13.3. The van der Waals surface area contributed by atoms with Gasteiger partial charge in [0, 0.05) is 34.6 Å². The summed E-state index contributed by atoms with van der Waals surface area (Å²) in [6, 6.07) is 20.5. The van der Waals surface area contributed by atoms with Gasteiger partial charge in [-0.05, 0) is 53.6 Å². The molecule has 2 atom stereocenters. The van der Waals surface area contributed by atoms with Gasteiger partial charge >= 0.3 is 0 Å². The van der Waals surface area contributed by atoms with E-state index in [2.05, 4.69) is 21.7 Å². The van der Waals surface area contributed by atoms with Gasteiger partial charge in [0.2, 0.25) is 5.91 Å². The van der Waals surface area contributed by atoms with Crippen molar-refractivity contribution < 1.29 is 14.3 Å². The van der Waals surface area contributed by atoms with Crippen LogP contribution in [0.5, 0.6) is 5.75 Å².